The van der Waals surface area contributed by atoms with Gasteiger partial charge in [0.15, 0.2) is 0 Å². The van der Waals surface area contributed by atoms with E-state index in [1.165, 1.54) is 18.2 Å². The van der Waals surface area contributed by atoms with E-state index >= 15 is 0 Å². The van der Waals surface area contributed by atoms with Crippen LogP contribution in [0, 0.1) is 11.6 Å². The molecule has 0 amide bonds. The van der Waals surface area contributed by atoms with Crippen LogP contribution in [0.2, 0.25) is 0 Å². The maximum atomic E-state index is 14.1. The summed E-state index contributed by atoms with van der Waals surface area (Å²) in [4.78, 5) is 24.4. The molecule has 40 heavy (non-hydrogen) atoms. The zero-order valence-corrected chi connectivity index (χ0v) is 21.2. The molecule has 0 bridgehead atoms. The summed E-state index contributed by atoms with van der Waals surface area (Å²) in [7, 11) is -4.10. The highest BCUT2D eigenvalue weighted by molar-refractivity contribution is 7.92. The molecule has 3 N–H and O–H groups in total. The lowest BCUT2D eigenvalue weighted by Crippen LogP contribution is -2.46. The molecule has 0 radical (unpaired) electrons. The highest BCUT2D eigenvalue weighted by atomic mass is 32.2. The van der Waals surface area contributed by atoms with E-state index in [-0.39, 0.29) is 22.0 Å². The van der Waals surface area contributed by atoms with E-state index in [0.29, 0.717) is 37.6 Å². The van der Waals surface area contributed by atoms with Crippen LogP contribution in [-0.4, -0.2) is 62.9 Å². The highest BCUT2D eigenvalue weighted by Crippen LogP contribution is 2.28. The van der Waals surface area contributed by atoms with Crippen molar-refractivity contribution in [3.8, 4) is 0 Å². The number of sulfonamides is 1. The number of alkyl halides is 3. The monoisotopic (exact) mass is 587 g/mol. The number of anilines is 3. The third-order valence-electron chi connectivity index (χ3n) is 5.68. The summed E-state index contributed by atoms with van der Waals surface area (Å²) in [5, 5.41) is 16.8. The fourth-order valence-corrected chi connectivity index (χ4v) is 4.81. The topological polar surface area (TPSA) is 127 Å². The van der Waals surface area contributed by atoms with Gasteiger partial charge in [0.1, 0.15) is 11.6 Å². The largest absolute Gasteiger partial charge is 0.490 e. The molecule has 0 unspecified atom stereocenters. The van der Waals surface area contributed by atoms with Gasteiger partial charge < -0.3 is 20.0 Å². The number of carboxylic acids is 2. The van der Waals surface area contributed by atoms with Gasteiger partial charge in [-0.3, -0.25) is 4.72 Å². The Bertz CT molecular complexity index is 1480. The van der Waals surface area contributed by atoms with Gasteiger partial charge >= 0.3 is 18.1 Å². The van der Waals surface area contributed by atoms with Crippen LogP contribution in [-0.2, 0) is 14.8 Å². The number of carboxylic acid groups (broad SMARTS) is 2. The molecule has 4 rings (SSSR count). The number of nitrogens with one attached hydrogen (secondary N) is 1. The molecule has 1 fully saturated rings. The van der Waals surface area contributed by atoms with Crippen LogP contribution in [0.5, 0.6) is 0 Å². The predicted molar refractivity (Wildman–Crippen MR) is 135 cm³/mol. The van der Waals surface area contributed by atoms with Gasteiger partial charge in [-0.15, -0.1) is 0 Å². The number of halogens is 5. The Morgan fingerprint density at radius 2 is 1.38 bits per heavy atom. The van der Waals surface area contributed by atoms with E-state index in [1.54, 1.807) is 24.3 Å². The van der Waals surface area contributed by atoms with Crippen molar-refractivity contribution < 1.29 is 50.2 Å². The van der Waals surface area contributed by atoms with Crippen molar-refractivity contribution in [3.63, 3.8) is 0 Å². The normalized spacial score (nSPS) is 13.7. The molecule has 214 valence electrons. The molecule has 15 heteroatoms. The fourth-order valence-electron chi connectivity index (χ4n) is 3.73. The minimum atomic E-state index is -5.08. The van der Waals surface area contributed by atoms with Crippen molar-refractivity contribution in [3.05, 3.63) is 83.9 Å². The summed E-state index contributed by atoms with van der Waals surface area (Å²) in [6, 6.07) is 15.2. The summed E-state index contributed by atoms with van der Waals surface area (Å²) in [6.45, 7) is 2.16. The van der Waals surface area contributed by atoms with Crippen molar-refractivity contribution in [2.24, 2.45) is 0 Å². The van der Waals surface area contributed by atoms with Crippen molar-refractivity contribution in [1.29, 1.82) is 0 Å². The molecule has 1 aliphatic heterocycles. The Morgan fingerprint density at radius 3 is 1.90 bits per heavy atom. The highest BCUT2D eigenvalue weighted by Gasteiger charge is 2.38. The van der Waals surface area contributed by atoms with E-state index in [0.717, 1.165) is 24.3 Å². The lowest BCUT2D eigenvalue weighted by molar-refractivity contribution is -0.192. The number of hydrogen-bond donors (Lipinski definition) is 3. The molecule has 9 nitrogen and oxygen atoms in total. The van der Waals surface area contributed by atoms with Gasteiger partial charge in [-0.05, 0) is 54.6 Å². The Hall–Kier alpha value is -4.40. The Labute approximate surface area is 225 Å². The van der Waals surface area contributed by atoms with Crippen molar-refractivity contribution in [2.75, 3.05) is 40.7 Å². The number of carbonyl (C=O) groups is 2. The van der Waals surface area contributed by atoms with Crippen molar-refractivity contribution in [2.45, 2.75) is 11.1 Å². The third-order valence-corrected chi connectivity index (χ3v) is 7.06. The van der Waals surface area contributed by atoms with E-state index in [4.69, 9.17) is 9.90 Å². The minimum absolute atomic E-state index is 0.0967. The first-order valence-corrected chi connectivity index (χ1v) is 12.9. The van der Waals surface area contributed by atoms with Gasteiger partial charge in [-0.2, -0.15) is 13.2 Å². The molecule has 0 spiro atoms. The zero-order chi connectivity index (χ0) is 29.7. The summed E-state index contributed by atoms with van der Waals surface area (Å²) in [6.07, 6.45) is -5.08. The SMILES string of the molecule is O=C(O)C(F)(F)F.O=C(O)c1cc(N2CCN(c3ccccc3F)CC2)ccc1NS(=O)(=O)c1ccc(F)cc1. The maximum absolute atomic E-state index is 14.1. The number of hydrogen-bond acceptors (Lipinski definition) is 6. The molecule has 1 aliphatic rings. The van der Waals surface area contributed by atoms with Crippen LogP contribution in [0.4, 0.5) is 39.0 Å². The van der Waals surface area contributed by atoms with Crippen molar-refractivity contribution >= 4 is 39.0 Å². The van der Waals surface area contributed by atoms with Crippen molar-refractivity contribution in [1.82, 2.24) is 0 Å². The number of piperazine rings is 1. The summed E-state index contributed by atoms with van der Waals surface area (Å²) >= 11 is 0. The second kappa shape index (κ2) is 12.2. The number of nitrogens with zero attached hydrogens (tertiary/aromatic N) is 2. The van der Waals surface area contributed by atoms with E-state index in [1.807, 2.05) is 9.80 Å². The van der Waals surface area contributed by atoms with Gasteiger partial charge in [0, 0.05) is 31.9 Å². The summed E-state index contributed by atoms with van der Waals surface area (Å²) in [5.41, 5.74) is 0.828. The number of aromatic carboxylic acids is 1. The second-order valence-electron chi connectivity index (χ2n) is 8.32. The van der Waals surface area contributed by atoms with Gasteiger partial charge in [-0.1, -0.05) is 12.1 Å². The molecule has 0 aliphatic carbocycles. The maximum Gasteiger partial charge on any atom is 0.490 e. The molecule has 0 saturated carbocycles. The van der Waals surface area contributed by atoms with Crippen LogP contribution in [0.3, 0.4) is 0 Å². The number of rotatable bonds is 6. The number of benzene rings is 3. The average Bonchev–Trinajstić information content (AvgIpc) is 2.89. The van der Waals surface area contributed by atoms with Crippen LogP contribution in [0.15, 0.2) is 71.6 Å². The lowest BCUT2D eigenvalue weighted by atomic mass is 10.1. The molecule has 1 heterocycles. The van der Waals surface area contributed by atoms with Crippen LogP contribution in [0.25, 0.3) is 0 Å². The van der Waals surface area contributed by atoms with Crippen LogP contribution in [0.1, 0.15) is 10.4 Å². The predicted octanol–water partition coefficient (Wildman–Crippen LogP) is 4.42. The first-order chi connectivity index (χ1) is 18.7. The first-order valence-electron chi connectivity index (χ1n) is 11.4. The lowest BCUT2D eigenvalue weighted by Gasteiger charge is -2.37. The Balaban J connectivity index is 0.000000559. The molecule has 0 atom stereocenters. The second-order valence-corrected chi connectivity index (χ2v) is 10.0. The Morgan fingerprint density at radius 1 is 0.825 bits per heavy atom. The minimum Gasteiger partial charge on any atom is -0.478 e. The molecule has 3 aromatic carbocycles. The Kier molecular flexibility index (Phi) is 9.19. The van der Waals surface area contributed by atoms with E-state index < -0.39 is 34.0 Å². The van der Waals surface area contributed by atoms with Gasteiger partial charge in [0.25, 0.3) is 10.0 Å². The number of para-hydroxylation sites is 1. The average molecular weight is 588 g/mol. The quantitative estimate of drug-likeness (QED) is 0.362. The smallest absolute Gasteiger partial charge is 0.478 e. The van der Waals surface area contributed by atoms with Crippen LogP contribution >= 0.6 is 0 Å². The standard InChI is InChI=1S/C23H21F2N3O4S.C2HF3O2/c24-16-5-8-18(9-6-16)33(31,32)26-21-10-7-17(15-19(21)23(29)30)27-11-13-28(14-12-27)22-4-2-1-3-20(22)25;3-2(4,5)1(6)7/h1-10,15,26H,11-14H2,(H,29,30);(H,6,7). The molecular weight excluding hydrogens is 565 g/mol. The van der Waals surface area contributed by atoms with Gasteiger partial charge in [0.05, 0.1) is 21.8 Å². The first kappa shape index (κ1) is 30.1. The fraction of sp³-hybridized carbons (Fsp3) is 0.200. The summed E-state index contributed by atoms with van der Waals surface area (Å²) < 4.78 is 86.4. The third kappa shape index (κ3) is 7.59. The zero-order valence-electron chi connectivity index (χ0n) is 20.4. The molecule has 3 aromatic rings. The van der Waals surface area contributed by atoms with E-state index in [9.17, 15) is 40.3 Å². The molecule has 1 saturated heterocycles. The summed E-state index contributed by atoms with van der Waals surface area (Å²) in [5.74, 6) is -4.93. The van der Waals surface area contributed by atoms with Gasteiger partial charge in [0.2, 0.25) is 0 Å². The molecule has 0 aromatic heterocycles. The number of aliphatic carboxylic acids is 1. The van der Waals surface area contributed by atoms with E-state index in [2.05, 4.69) is 4.72 Å². The van der Waals surface area contributed by atoms with Gasteiger partial charge in [-0.25, -0.2) is 26.8 Å². The van der Waals surface area contributed by atoms with Crippen LogP contribution < -0.4 is 14.5 Å². The molecular formula is C25H22F5N3O6S.